The highest BCUT2D eigenvalue weighted by molar-refractivity contribution is 5.74. The quantitative estimate of drug-likeness (QED) is 0.481. The van der Waals surface area contributed by atoms with Gasteiger partial charge in [0, 0.05) is 11.6 Å². The van der Waals surface area contributed by atoms with Gasteiger partial charge in [0.1, 0.15) is 5.75 Å². The highest BCUT2D eigenvalue weighted by Gasteiger charge is 2.40. The van der Waals surface area contributed by atoms with E-state index < -0.39 is 47.9 Å². The fraction of sp³-hybridized carbons (Fsp3) is 0.455. The van der Waals surface area contributed by atoms with E-state index in [9.17, 15) is 35.5 Å². The van der Waals surface area contributed by atoms with Gasteiger partial charge in [-0.05, 0) is 6.92 Å². The van der Waals surface area contributed by atoms with Gasteiger partial charge in [-0.2, -0.15) is 17.6 Å². The van der Waals surface area contributed by atoms with E-state index in [0.29, 0.717) is 0 Å². The molecule has 11 heteroatoms. The summed E-state index contributed by atoms with van der Waals surface area (Å²) in [7, 11) is 0. The van der Waals surface area contributed by atoms with E-state index in [1.807, 2.05) is 0 Å². The topological polar surface area (TPSA) is 48.4 Å². The molecule has 0 fully saturated rings. The first-order chi connectivity index (χ1) is 9.94. The average Bonchev–Trinajstić information content (AvgIpc) is 2.29. The molecule has 0 saturated carbocycles. The number of rotatable bonds is 4. The van der Waals surface area contributed by atoms with Crippen molar-refractivity contribution in [2.75, 3.05) is 6.61 Å². The van der Waals surface area contributed by atoms with E-state index in [-0.39, 0.29) is 12.7 Å². The molecule has 1 aromatic heterocycles. The molecular weight excluding hydrogens is 327 g/mol. The Morgan fingerprint density at radius 1 is 1.23 bits per heavy atom. The van der Waals surface area contributed by atoms with Crippen LogP contribution in [-0.2, 0) is 22.1 Å². The zero-order valence-corrected chi connectivity index (χ0v) is 10.8. The molecule has 0 aliphatic carbocycles. The summed E-state index contributed by atoms with van der Waals surface area (Å²) in [6, 6.07) is 0.0112. The molecule has 0 saturated heterocycles. The molecule has 4 nitrogen and oxygen atoms in total. The molecule has 0 unspecified atom stereocenters. The van der Waals surface area contributed by atoms with Crippen molar-refractivity contribution in [1.29, 1.82) is 0 Å². The van der Waals surface area contributed by atoms with Gasteiger partial charge in [0.15, 0.2) is 5.69 Å². The van der Waals surface area contributed by atoms with Gasteiger partial charge in [-0.3, -0.25) is 4.79 Å². The molecule has 0 amide bonds. The SMILES string of the molecule is CCOC(=O)Cc1c(OC(F)(F)F)cc(F)nc1C(F)(F)F. The van der Waals surface area contributed by atoms with Crippen LogP contribution in [0.15, 0.2) is 6.07 Å². The van der Waals surface area contributed by atoms with Crippen LogP contribution in [0.2, 0.25) is 0 Å². The molecule has 124 valence electrons. The molecule has 0 bridgehead atoms. The minimum atomic E-state index is -5.37. The van der Waals surface area contributed by atoms with Gasteiger partial charge in [0.25, 0.3) is 0 Å². The zero-order chi connectivity index (χ0) is 17.1. The van der Waals surface area contributed by atoms with Crippen LogP contribution < -0.4 is 4.74 Å². The Kier molecular flexibility index (Phi) is 5.20. The zero-order valence-electron chi connectivity index (χ0n) is 10.8. The second kappa shape index (κ2) is 6.36. The van der Waals surface area contributed by atoms with Gasteiger partial charge < -0.3 is 9.47 Å². The summed E-state index contributed by atoms with van der Waals surface area (Å²) in [5.41, 5.74) is -3.25. The number of carbonyl (C=O) groups excluding carboxylic acids is 1. The normalized spacial score (nSPS) is 12.2. The van der Waals surface area contributed by atoms with E-state index in [1.165, 1.54) is 6.92 Å². The standard InChI is InChI=1S/C11H8F7NO3/c1-2-21-8(20)3-5-6(22-11(16,17)18)4-7(12)19-9(5)10(13,14)15/h4H,2-3H2,1H3. The summed E-state index contributed by atoms with van der Waals surface area (Å²) >= 11 is 0. The molecule has 0 N–H and O–H groups in total. The minimum Gasteiger partial charge on any atom is -0.466 e. The van der Waals surface area contributed by atoms with Crippen LogP contribution in [0.3, 0.4) is 0 Å². The molecule has 0 aliphatic rings. The highest BCUT2D eigenvalue weighted by Crippen LogP contribution is 2.37. The van der Waals surface area contributed by atoms with E-state index in [1.54, 1.807) is 0 Å². The van der Waals surface area contributed by atoms with E-state index in [0.717, 1.165) is 0 Å². The highest BCUT2D eigenvalue weighted by atomic mass is 19.4. The summed E-state index contributed by atoms with van der Waals surface area (Å²) in [6.07, 6.45) is -11.9. The fourth-order valence-corrected chi connectivity index (χ4v) is 1.50. The smallest absolute Gasteiger partial charge is 0.466 e. The van der Waals surface area contributed by atoms with Crippen molar-refractivity contribution in [3.8, 4) is 5.75 Å². The van der Waals surface area contributed by atoms with E-state index >= 15 is 0 Å². The molecule has 1 heterocycles. The predicted octanol–water partition coefficient (Wildman–Crippen LogP) is 3.24. The van der Waals surface area contributed by atoms with Crippen molar-refractivity contribution in [3.05, 3.63) is 23.3 Å². The van der Waals surface area contributed by atoms with Crippen LogP contribution in [-0.4, -0.2) is 23.9 Å². The molecule has 0 radical (unpaired) electrons. The van der Waals surface area contributed by atoms with Gasteiger partial charge in [-0.1, -0.05) is 0 Å². The van der Waals surface area contributed by atoms with Gasteiger partial charge in [-0.25, -0.2) is 4.98 Å². The van der Waals surface area contributed by atoms with Gasteiger partial charge in [0.05, 0.1) is 13.0 Å². The lowest BCUT2D eigenvalue weighted by atomic mass is 10.1. The minimum absolute atomic E-state index is 0.0112. The van der Waals surface area contributed by atoms with Crippen molar-refractivity contribution in [1.82, 2.24) is 4.98 Å². The second-order valence-electron chi connectivity index (χ2n) is 3.80. The summed E-state index contributed by atoms with van der Waals surface area (Å²) in [5.74, 6) is -4.58. The summed E-state index contributed by atoms with van der Waals surface area (Å²) < 4.78 is 95.6. The number of aromatic nitrogens is 1. The number of pyridine rings is 1. The van der Waals surface area contributed by atoms with Crippen molar-refractivity contribution < 1.29 is 45.0 Å². The Labute approximate surface area is 118 Å². The van der Waals surface area contributed by atoms with Crippen molar-refractivity contribution in [3.63, 3.8) is 0 Å². The number of carbonyl (C=O) groups is 1. The first-order valence-electron chi connectivity index (χ1n) is 5.62. The van der Waals surface area contributed by atoms with Gasteiger partial charge >= 0.3 is 18.5 Å². The van der Waals surface area contributed by atoms with Crippen LogP contribution in [0.25, 0.3) is 0 Å². The summed E-state index contributed by atoms with van der Waals surface area (Å²) in [6.45, 7) is 1.14. The third-order valence-electron chi connectivity index (χ3n) is 2.17. The molecule has 0 spiro atoms. The molecule has 0 atom stereocenters. The first-order valence-corrected chi connectivity index (χ1v) is 5.62. The number of esters is 1. The van der Waals surface area contributed by atoms with Crippen molar-refractivity contribution in [2.45, 2.75) is 25.9 Å². The summed E-state index contributed by atoms with van der Waals surface area (Å²) in [4.78, 5) is 13.7. The van der Waals surface area contributed by atoms with Crippen LogP contribution in [0.5, 0.6) is 5.75 Å². The third kappa shape index (κ3) is 5.04. The molecule has 0 aromatic carbocycles. The third-order valence-corrected chi connectivity index (χ3v) is 2.17. The lowest BCUT2D eigenvalue weighted by Gasteiger charge is -2.17. The average molecular weight is 335 g/mol. The van der Waals surface area contributed by atoms with E-state index in [4.69, 9.17) is 0 Å². The van der Waals surface area contributed by atoms with Crippen LogP contribution >= 0.6 is 0 Å². The summed E-state index contributed by atoms with van der Waals surface area (Å²) in [5, 5.41) is 0. The maximum absolute atomic E-state index is 13.0. The Bertz CT molecular complexity index is 554. The number of hydrogen-bond donors (Lipinski definition) is 0. The second-order valence-corrected chi connectivity index (χ2v) is 3.80. The largest absolute Gasteiger partial charge is 0.573 e. The lowest BCUT2D eigenvalue weighted by Crippen LogP contribution is -2.23. The molecule has 22 heavy (non-hydrogen) atoms. The van der Waals surface area contributed by atoms with Crippen molar-refractivity contribution in [2.24, 2.45) is 0 Å². The maximum atomic E-state index is 13.0. The Hall–Kier alpha value is -2.07. The van der Waals surface area contributed by atoms with Gasteiger partial charge in [0.2, 0.25) is 5.95 Å². The van der Waals surface area contributed by atoms with Crippen molar-refractivity contribution >= 4 is 5.97 Å². The number of nitrogens with zero attached hydrogens (tertiary/aromatic N) is 1. The molecule has 0 aliphatic heterocycles. The first kappa shape index (κ1) is 18.0. The van der Waals surface area contributed by atoms with E-state index in [2.05, 4.69) is 14.5 Å². The predicted molar refractivity (Wildman–Crippen MR) is 56.2 cm³/mol. The molecule has 1 rings (SSSR count). The van der Waals surface area contributed by atoms with Crippen LogP contribution in [0, 0.1) is 5.95 Å². The van der Waals surface area contributed by atoms with Crippen LogP contribution in [0.4, 0.5) is 30.7 Å². The molecule has 1 aromatic rings. The fourth-order valence-electron chi connectivity index (χ4n) is 1.50. The number of ether oxygens (including phenoxy) is 2. The monoisotopic (exact) mass is 335 g/mol. The Balaban J connectivity index is 3.40. The van der Waals surface area contributed by atoms with Gasteiger partial charge in [-0.15, -0.1) is 13.2 Å². The maximum Gasteiger partial charge on any atom is 0.573 e. The lowest BCUT2D eigenvalue weighted by molar-refractivity contribution is -0.275. The Morgan fingerprint density at radius 3 is 2.27 bits per heavy atom. The number of hydrogen-bond acceptors (Lipinski definition) is 4. The number of halogens is 7. The number of alkyl halides is 6. The Morgan fingerprint density at radius 2 is 1.82 bits per heavy atom. The van der Waals surface area contributed by atoms with Crippen LogP contribution in [0.1, 0.15) is 18.2 Å². The molecular formula is C11H8F7NO3.